The number of aryl methyl sites for hydroxylation is 1. The maximum Gasteiger partial charge on any atom is 0.266 e. The molecule has 1 aromatic heterocycles. The summed E-state index contributed by atoms with van der Waals surface area (Å²) in [5, 5.41) is 8.47. The molecule has 0 fully saturated rings. The van der Waals surface area contributed by atoms with Crippen LogP contribution in [0.25, 0.3) is 11.3 Å². The summed E-state index contributed by atoms with van der Waals surface area (Å²) in [5.41, 5.74) is 3.68. The minimum Gasteiger partial charge on any atom is -0.479 e. The Kier molecular flexibility index (Phi) is 7.30. The second kappa shape index (κ2) is 9.94. The van der Waals surface area contributed by atoms with Gasteiger partial charge in [-0.15, -0.1) is 11.3 Å². The maximum atomic E-state index is 12.5. The van der Waals surface area contributed by atoms with Crippen molar-refractivity contribution in [1.82, 2.24) is 10.3 Å². The quantitative estimate of drug-likeness (QED) is 0.499. The van der Waals surface area contributed by atoms with Crippen molar-refractivity contribution in [2.75, 3.05) is 5.32 Å². The number of nitrogens with one attached hydrogen (secondary N) is 2. The number of ether oxygens (including phenoxy) is 1. The third-order valence-electron chi connectivity index (χ3n) is 4.62. The smallest absolute Gasteiger partial charge is 0.266 e. The molecule has 0 aliphatic heterocycles. The number of carbonyl (C=O) groups excluding carboxylic acids is 2. The molecule has 162 valence electrons. The van der Waals surface area contributed by atoms with Crippen LogP contribution < -0.4 is 15.4 Å². The molecule has 0 radical (unpaired) electrons. The average molecular weight is 458 g/mol. The van der Waals surface area contributed by atoms with Gasteiger partial charge in [0, 0.05) is 17.9 Å². The van der Waals surface area contributed by atoms with E-state index in [0.29, 0.717) is 15.9 Å². The van der Waals surface area contributed by atoms with Crippen molar-refractivity contribution in [2.45, 2.75) is 39.8 Å². The summed E-state index contributed by atoms with van der Waals surface area (Å²) in [5.74, 6) is 0.0926. The van der Waals surface area contributed by atoms with E-state index < -0.39 is 6.10 Å². The number of nitrogens with zero attached hydrogens (tertiary/aromatic N) is 1. The molecule has 2 N–H and O–H groups in total. The van der Waals surface area contributed by atoms with E-state index >= 15 is 0 Å². The molecule has 0 saturated heterocycles. The fourth-order valence-electron chi connectivity index (χ4n) is 2.95. The molecule has 3 rings (SSSR count). The van der Waals surface area contributed by atoms with Crippen LogP contribution in [0.1, 0.15) is 37.9 Å². The van der Waals surface area contributed by atoms with E-state index in [1.165, 1.54) is 18.3 Å². The number of amides is 2. The van der Waals surface area contributed by atoms with Gasteiger partial charge in [-0.05, 0) is 44.0 Å². The molecule has 0 spiro atoms. The maximum absolute atomic E-state index is 12.5. The summed E-state index contributed by atoms with van der Waals surface area (Å²) in [6, 6.07) is 13.1. The minimum absolute atomic E-state index is 0.0692. The molecule has 31 heavy (non-hydrogen) atoms. The number of aromatic nitrogens is 1. The molecule has 0 saturated carbocycles. The van der Waals surface area contributed by atoms with Gasteiger partial charge in [0.15, 0.2) is 11.2 Å². The zero-order valence-electron chi connectivity index (χ0n) is 17.7. The Labute approximate surface area is 190 Å². The van der Waals surface area contributed by atoms with Crippen molar-refractivity contribution in [1.29, 1.82) is 0 Å². The fraction of sp³-hybridized carbons (Fsp3) is 0.261. The highest BCUT2D eigenvalue weighted by Gasteiger charge is 2.18. The monoisotopic (exact) mass is 457 g/mol. The van der Waals surface area contributed by atoms with Crippen molar-refractivity contribution in [2.24, 2.45) is 0 Å². The molecule has 1 heterocycles. The number of hydrogen-bond acceptors (Lipinski definition) is 5. The summed E-state index contributed by atoms with van der Waals surface area (Å²) in [6.07, 6.45) is -0.735. The SMILES string of the molecule is CC(=O)N[C@@H](C)c1ccc(-c2csc(NC(=O)[C@@H](C)Oc3cc(C)ccc3Cl)n2)cc1. The lowest BCUT2D eigenvalue weighted by molar-refractivity contribution is -0.122. The number of rotatable bonds is 7. The van der Waals surface area contributed by atoms with Crippen molar-refractivity contribution < 1.29 is 14.3 Å². The van der Waals surface area contributed by atoms with Crippen molar-refractivity contribution in [3.05, 3.63) is 64.0 Å². The lowest BCUT2D eigenvalue weighted by Crippen LogP contribution is -2.30. The zero-order valence-corrected chi connectivity index (χ0v) is 19.3. The molecule has 8 heteroatoms. The van der Waals surface area contributed by atoms with Crippen LogP contribution in [0.15, 0.2) is 47.8 Å². The summed E-state index contributed by atoms with van der Waals surface area (Å²) in [7, 11) is 0. The first kappa shape index (κ1) is 22.8. The van der Waals surface area contributed by atoms with Gasteiger partial charge in [0.05, 0.1) is 16.8 Å². The van der Waals surface area contributed by atoms with Crippen LogP contribution in [0.5, 0.6) is 5.75 Å². The molecule has 0 aliphatic carbocycles. The standard InChI is InChI=1S/C23H24ClN3O3S/c1-13-5-10-19(24)21(11-13)30-15(3)22(29)27-23-26-20(12-31-23)18-8-6-17(7-9-18)14(2)25-16(4)28/h5-12,14-15H,1-4H3,(H,25,28)(H,26,27,29)/t14-,15+/m0/s1. The first-order chi connectivity index (χ1) is 14.7. The van der Waals surface area contributed by atoms with Gasteiger partial charge in [0.25, 0.3) is 5.91 Å². The molecular weight excluding hydrogens is 434 g/mol. The first-order valence-corrected chi connectivity index (χ1v) is 11.1. The third kappa shape index (κ3) is 6.06. The van der Waals surface area contributed by atoms with Crippen LogP contribution in [-0.4, -0.2) is 22.9 Å². The summed E-state index contributed by atoms with van der Waals surface area (Å²) < 4.78 is 5.72. The van der Waals surface area contributed by atoms with Crippen molar-refractivity contribution in [3.63, 3.8) is 0 Å². The van der Waals surface area contributed by atoms with Gasteiger partial charge >= 0.3 is 0 Å². The minimum atomic E-state index is -0.735. The largest absolute Gasteiger partial charge is 0.479 e. The van der Waals surface area contributed by atoms with E-state index in [-0.39, 0.29) is 17.9 Å². The van der Waals surface area contributed by atoms with Gasteiger partial charge in [-0.2, -0.15) is 0 Å². The molecular formula is C23H24ClN3O3S. The average Bonchev–Trinajstić information content (AvgIpc) is 3.18. The van der Waals surface area contributed by atoms with Gasteiger partial charge in [0.1, 0.15) is 5.75 Å². The third-order valence-corrected chi connectivity index (χ3v) is 5.69. The molecule has 2 amide bonds. The Balaban J connectivity index is 1.63. The van der Waals surface area contributed by atoms with Gasteiger partial charge in [-0.25, -0.2) is 4.98 Å². The first-order valence-electron chi connectivity index (χ1n) is 9.79. The van der Waals surface area contributed by atoms with Crippen LogP contribution in [0, 0.1) is 6.92 Å². The highest BCUT2D eigenvalue weighted by molar-refractivity contribution is 7.14. The Morgan fingerprint density at radius 2 is 1.84 bits per heavy atom. The fourth-order valence-corrected chi connectivity index (χ4v) is 3.83. The number of anilines is 1. The van der Waals surface area contributed by atoms with Crippen LogP contribution in [0.3, 0.4) is 0 Å². The Bertz CT molecular complexity index is 1080. The number of hydrogen-bond donors (Lipinski definition) is 2. The summed E-state index contributed by atoms with van der Waals surface area (Å²) in [6.45, 7) is 7.02. The number of benzene rings is 2. The van der Waals surface area contributed by atoms with Crippen LogP contribution in [0.4, 0.5) is 5.13 Å². The number of halogens is 1. The second-order valence-corrected chi connectivity index (χ2v) is 8.53. The highest BCUT2D eigenvalue weighted by Crippen LogP contribution is 2.28. The zero-order chi connectivity index (χ0) is 22.5. The molecule has 0 unspecified atom stereocenters. The number of carbonyl (C=O) groups is 2. The normalized spacial score (nSPS) is 12.7. The predicted molar refractivity (Wildman–Crippen MR) is 125 cm³/mol. The molecule has 2 aromatic carbocycles. The predicted octanol–water partition coefficient (Wildman–Crippen LogP) is 5.38. The highest BCUT2D eigenvalue weighted by atomic mass is 35.5. The molecule has 0 aliphatic rings. The Hall–Kier alpha value is -2.90. The summed E-state index contributed by atoms with van der Waals surface area (Å²) >= 11 is 7.48. The van der Waals surface area contributed by atoms with E-state index in [0.717, 1.165) is 22.4 Å². The second-order valence-electron chi connectivity index (χ2n) is 7.27. The Morgan fingerprint density at radius 3 is 2.52 bits per heavy atom. The van der Waals surface area contributed by atoms with E-state index in [9.17, 15) is 9.59 Å². The Morgan fingerprint density at radius 1 is 1.13 bits per heavy atom. The van der Waals surface area contributed by atoms with Crippen molar-refractivity contribution >= 4 is 39.9 Å². The summed E-state index contributed by atoms with van der Waals surface area (Å²) in [4.78, 5) is 28.2. The van der Waals surface area contributed by atoms with Crippen LogP contribution >= 0.6 is 22.9 Å². The van der Waals surface area contributed by atoms with E-state index in [1.54, 1.807) is 19.1 Å². The molecule has 3 aromatic rings. The van der Waals surface area contributed by atoms with E-state index in [4.69, 9.17) is 16.3 Å². The van der Waals surface area contributed by atoms with Gasteiger partial charge in [-0.1, -0.05) is 41.9 Å². The lowest BCUT2D eigenvalue weighted by atomic mass is 10.1. The number of thiazole rings is 1. The van der Waals surface area contributed by atoms with Gasteiger partial charge in [0.2, 0.25) is 5.91 Å². The van der Waals surface area contributed by atoms with Gasteiger partial charge in [-0.3, -0.25) is 14.9 Å². The molecule has 0 bridgehead atoms. The van der Waals surface area contributed by atoms with E-state index in [1.807, 2.05) is 49.6 Å². The van der Waals surface area contributed by atoms with E-state index in [2.05, 4.69) is 15.6 Å². The van der Waals surface area contributed by atoms with Crippen LogP contribution in [0.2, 0.25) is 5.02 Å². The van der Waals surface area contributed by atoms with Crippen molar-refractivity contribution in [3.8, 4) is 17.0 Å². The van der Waals surface area contributed by atoms with Crippen LogP contribution in [-0.2, 0) is 9.59 Å². The van der Waals surface area contributed by atoms with Gasteiger partial charge < -0.3 is 10.1 Å². The molecule has 2 atom stereocenters. The molecule has 6 nitrogen and oxygen atoms in total. The topological polar surface area (TPSA) is 80.3 Å². The lowest BCUT2D eigenvalue weighted by Gasteiger charge is -2.15.